The number of primary amides is 1. The third-order valence-corrected chi connectivity index (χ3v) is 22.2. The van der Waals surface area contributed by atoms with Gasteiger partial charge in [0.25, 0.3) is 11.8 Å². The van der Waals surface area contributed by atoms with Crippen LogP contribution >= 0.6 is 0 Å². The van der Waals surface area contributed by atoms with Crippen LogP contribution in [0.5, 0.6) is 12.0 Å². The molecule has 0 saturated heterocycles. The molecule has 0 unspecified atom stereocenters. The van der Waals surface area contributed by atoms with E-state index in [0.717, 1.165) is 23.3 Å². The predicted molar refractivity (Wildman–Crippen MR) is 524 cm³/mol. The number of hydrogen-bond donors (Lipinski definition) is 18. The van der Waals surface area contributed by atoms with Gasteiger partial charge < -0.3 is 175 Å². The lowest BCUT2D eigenvalue weighted by atomic mass is 10.0. The van der Waals surface area contributed by atoms with Crippen LogP contribution in [0.1, 0.15) is 109 Å². The third-order valence-electron chi connectivity index (χ3n) is 22.2. The molecule has 20 N–H and O–H groups in total. The van der Waals surface area contributed by atoms with Crippen LogP contribution in [0.15, 0.2) is 66.7 Å². The Morgan fingerprint density at radius 3 is 1.42 bits per heavy atom. The van der Waals surface area contributed by atoms with Gasteiger partial charge in [0.05, 0.1) is 197 Å². The molecule has 51 nitrogen and oxygen atoms in total. The summed E-state index contributed by atoms with van der Waals surface area (Å²) in [6, 6.07) is 11.3. The molecule has 0 radical (unpaired) electrons. The topological polar surface area (TPSA) is 692 Å². The number of nitrogens with one attached hydrogen (secondary N) is 6. The van der Waals surface area contributed by atoms with Crippen molar-refractivity contribution in [3.05, 3.63) is 77.9 Å². The molecule has 11 amide bonds. The maximum atomic E-state index is 14.3. The van der Waals surface area contributed by atoms with Gasteiger partial charge in [-0.05, 0) is 80.5 Å². The molecule has 1 aliphatic heterocycles. The number of fused-ring (bicyclic) bond motifs is 1. The molecule has 2 aromatic heterocycles. The number of carbonyl (C=O) groups is 10. The molecule has 11 atom stereocenters. The molecule has 826 valence electrons. The zero-order chi connectivity index (χ0) is 107. The van der Waals surface area contributed by atoms with Gasteiger partial charge in [-0.25, -0.2) is 14.4 Å². The lowest BCUT2D eigenvalue weighted by molar-refractivity contribution is -0.137. The van der Waals surface area contributed by atoms with Gasteiger partial charge in [-0.15, -0.1) is 0 Å². The van der Waals surface area contributed by atoms with E-state index < -0.39 is 153 Å². The maximum absolute atomic E-state index is 14.3. The first-order valence-corrected chi connectivity index (χ1v) is 49.3. The molecule has 1 aliphatic rings. The number of aliphatic hydroxyl groups is 10. The Balaban J connectivity index is 0.894. The second kappa shape index (κ2) is 75.4. The summed E-state index contributed by atoms with van der Waals surface area (Å²) in [5.74, 6) is -4.16. The number of imide groups is 1. The van der Waals surface area contributed by atoms with Gasteiger partial charge in [0.2, 0.25) is 29.5 Å². The number of aromatic nitrogens is 4. The fourth-order valence-corrected chi connectivity index (χ4v) is 13.7. The fraction of sp³-hybridized carbons (Fsp3) is 0.695. The van der Waals surface area contributed by atoms with Gasteiger partial charge in [-0.3, -0.25) is 47.9 Å². The number of nitrogens with zero attached hydrogens (tertiary/aromatic N) is 8. The molecular formula is C95H156N16O35. The van der Waals surface area contributed by atoms with E-state index in [1.807, 2.05) is 37.3 Å². The molecule has 3 heterocycles. The molecule has 0 aliphatic carbocycles. The van der Waals surface area contributed by atoms with Crippen molar-refractivity contribution in [1.29, 1.82) is 0 Å². The number of imidazole rings is 1. The van der Waals surface area contributed by atoms with Crippen LogP contribution in [0.3, 0.4) is 0 Å². The van der Waals surface area contributed by atoms with Gasteiger partial charge in [0.15, 0.2) is 17.0 Å². The van der Waals surface area contributed by atoms with Crippen LogP contribution < -0.4 is 52.8 Å². The van der Waals surface area contributed by atoms with Gasteiger partial charge in [-0.1, -0.05) is 76.1 Å². The number of rotatable bonds is 86. The van der Waals surface area contributed by atoms with E-state index >= 15 is 0 Å². The highest BCUT2D eigenvalue weighted by atomic mass is 16.6. The Bertz CT molecular complexity index is 4320. The predicted octanol–water partition coefficient (Wildman–Crippen LogP) is -2.63. The molecule has 0 bridgehead atoms. The highest BCUT2D eigenvalue weighted by Gasteiger charge is 2.37. The summed E-state index contributed by atoms with van der Waals surface area (Å²) in [7, 11) is 2.99. The lowest BCUT2D eigenvalue weighted by Gasteiger charge is -2.33. The second-order valence-electron chi connectivity index (χ2n) is 34.3. The number of likely N-dealkylation sites (N-methyl/N-ethyl adjacent to an activating group) is 2. The van der Waals surface area contributed by atoms with Crippen LogP contribution in [-0.2, 0) is 108 Å². The number of carbonyl (C=O) groups excluding carboxylic acids is 10. The van der Waals surface area contributed by atoms with Crippen molar-refractivity contribution in [2.24, 2.45) is 11.7 Å². The van der Waals surface area contributed by atoms with Crippen LogP contribution in [0.2, 0.25) is 0 Å². The van der Waals surface area contributed by atoms with Gasteiger partial charge >= 0.3 is 30.2 Å². The maximum Gasteiger partial charge on any atom is 0.417 e. The Hall–Kier alpha value is -10.3. The third kappa shape index (κ3) is 52.5. The molecular weight excluding hydrogens is 1930 g/mol. The summed E-state index contributed by atoms with van der Waals surface area (Å²) >= 11 is 0. The molecule has 0 saturated carbocycles. The van der Waals surface area contributed by atoms with Crippen molar-refractivity contribution < 1.29 is 170 Å². The van der Waals surface area contributed by atoms with E-state index in [9.17, 15) is 88.8 Å². The molecule has 146 heavy (non-hydrogen) atoms. The number of nitrogens with two attached hydrogens (primary N) is 2. The monoisotopic (exact) mass is 2080 g/mol. The van der Waals surface area contributed by atoms with Crippen molar-refractivity contribution in [3.63, 3.8) is 0 Å². The number of urea groups is 1. The minimum atomic E-state index is -1.90. The van der Waals surface area contributed by atoms with Crippen LogP contribution in [-0.4, -0.2) is 462 Å². The highest BCUT2D eigenvalue weighted by Crippen LogP contribution is 2.28. The standard InChI is InChI=1S/C95H156N16O35/c1-6-7-35-144-92-105-86(96)81-87(106-92)111(60-67-17-10-8-11-18-67)93(104-81)146-95(131)108(5)33-32-107(4)94(130)145-65-68-22-24-69(25-23-68)100-88(126)71(20-16-30-99-91(97)129)102-90(128)80(66(2)3)103-89(127)70(101-77(119)21-12-9-15-31-110-78(120)26-27-79(110)121)19-13-14-29-98-76(118)28-36-132-38-40-134-42-44-136-46-48-138-50-52-140-54-56-142-58-59-143-57-55-141-53-51-139-49-47-137-45-43-135-41-39-133-37-34-109(61-72(114)82(122)84(124)74(116)63-112)62-73(115)83(123)85(125)75(117)64-113/h8,10-11,17-18,22-27,66,70-75,80,82-85,112-117,122-125H,6-7,9,12-16,19-21,28-65H2,1-5H3,(H,98,118)(H,100,126)(H,101,119)(H,102,128)(H,103,127)(H2,96,105,106)(H3,97,99,129)/t70-,71-,72-,73-,74+,75+,80-,82+,83+,84+,85+/m0/s1. The van der Waals surface area contributed by atoms with Gasteiger partial charge in [0, 0.05) is 97.1 Å². The van der Waals surface area contributed by atoms with Crippen molar-refractivity contribution >= 4 is 82.2 Å². The van der Waals surface area contributed by atoms with Crippen molar-refractivity contribution in [2.45, 2.75) is 178 Å². The van der Waals surface area contributed by atoms with Crippen LogP contribution in [0.4, 0.5) is 25.9 Å². The van der Waals surface area contributed by atoms with Crippen molar-refractivity contribution in [2.75, 3.05) is 256 Å². The number of anilines is 2. The van der Waals surface area contributed by atoms with Crippen molar-refractivity contribution in [3.8, 4) is 12.0 Å². The first-order chi connectivity index (χ1) is 70.3. The van der Waals surface area contributed by atoms with E-state index in [4.69, 9.17) is 92.7 Å². The Morgan fingerprint density at radius 1 is 0.459 bits per heavy atom. The first-order valence-electron chi connectivity index (χ1n) is 49.3. The summed E-state index contributed by atoms with van der Waals surface area (Å²) < 4.78 is 85.2. The number of nitrogen functional groups attached to an aromatic ring is 1. The summed E-state index contributed by atoms with van der Waals surface area (Å²) in [4.78, 5) is 150. The smallest absolute Gasteiger partial charge is 0.417 e. The zero-order valence-electron chi connectivity index (χ0n) is 84.3. The van der Waals surface area contributed by atoms with E-state index in [1.54, 1.807) is 42.7 Å². The minimum absolute atomic E-state index is 0.00170. The number of aliphatic hydroxyl groups excluding tert-OH is 10. The van der Waals surface area contributed by atoms with Crippen LogP contribution in [0, 0.1) is 5.92 Å². The summed E-state index contributed by atoms with van der Waals surface area (Å²) in [5, 5.41) is 115. The SMILES string of the molecule is CCCCOc1nc(N)c2nc(OC(=O)N(C)CCN(C)C(=O)OCc3ccc(NC(=O)[C@H](CCCNC(N)=O)NC(=O)[C@@H](NC(=O)[C@H](CCCCNC(=O)CCOCCOCCOCCOCCOCCOCCOCCOCCOCCOCCOCCOCCN(C[C@H](O)[C@@H](O)[C@H](O)[C@H](O)CO)C[C@H](O)[C@@H](O)[C@H](O)[C@H](O)CO)NC(=O)CCCCCN4C(=O)C=CC4=O)C(C)C)cc3)n(Cc3ccccc3)c2n1. The molecule has 0 spiro atoms. The van der Waals surface area contributed by atoms with Crippen molar-refractivity contribution in [1.82, 2.24) is 65.7 Å². The normalized spacial score (nSPS) is 14.4. The van der Waals surface area contributed by atoms with Gasteiger partial charge in [0.1, 0.15) is 61.4 Å². The van der Waals surface area contributed by atoms with Gasteiger partial charge in [-0.2, -0.15) is 15.0 Å². The first kappa shape index (κ1) is 126. The molecule has 4 aromatic rings. The zero-order valence-corrected chi connectivity index (χ0v) is 84.3. The number of benzene rings is 2. The average molecular weight is 2080 g/mol. The Kier molecular flexibility index (Phi) is 65.2. The summed E-state index contributed by atoms with van der Waals surface area (Å²) in [6.45, 7) is 11.0. The largest absolute Gasteiger partial charge is 0.463 e. The average Bonchev–Trinajstić information content (AvgIpc) is 1.62. The van der Waals surface area contributed by atoms with E-state index in [2.05, 4.69) is 46.9 Å². The molecule has 0 fully saturated rings. The van der Waals surface area contributed by atoms with E-state index in [0.29, 0.717) is 161 Å². The number of hydrogen-bond acceptors (Lipinski definition) is 40. The number of ether oxygens (including phenoxy) is 15. The second-order valence-corrected chi connectivity index (χ2v) is 34.3. The Morgan fingerprint density at radius 2 is 0.932 bits per heavy atom. The van der Waals surface area contributed by atoms with E-state index in [-0.39, 0.29) is 167 Å². The number of amides is 11. The lowest BCUT2D eigenvalue weighted by Crippen LogP contribution is -2.57. The molecule has 5 rings (SSSR count). The van der Waals surface area contributed by atoms with Crippen LogP contribution in [0.25, 0.3) is 11.2 Å². The fourth-order valence-electron chi connectivity index (χ4n) is 13.7. The summed E-state index contributed by atoms with van der Waals surface area (Å²) in [6.07, 6.45) is -9.56. The minimum Gasteiger partial charge on any atom is -0.463 e. The molecule has 51 heteroatoms. The highest BCUT2D eigenvalue weighted by molar-refractivity contribution is 6.12. The Labute approximate surface area is 849 Å². The van der Waals surface area contributed by atoms with E-state index in [1.165, 1.54) is 40.9 Å². The number of unbranched alkanes of at least 4 members (excludes halogenated alkanes) is 4. The summed E-state index contributed by atoms with van der Waals surface area (Å²) in [5.41, 5.74) is 13.8. The molecule has 2 aromatic carbocycles. The quantitative estimate of drug-likeness (QED) is 0.0159.